The molecule has 1 aromatic carbocycles. The van der Waals surface area contributed by atoms with Crippen LogP contribution in [0.25, 0.3) is 0 Å². The molecule has 1 fully saturated rings. The third-order valence-electron chi connectivity index (χ3n) is 3.72. The molecule has 0 aromatic heterocycles. The first kappa shape index (κ1) is 15.2. The summed E-state index contributed by atoms with van der Waals surface area (Å²) in [7, 11) is 0. The minimum absolute atomic E-state index is 0.0435. The van der Waals surface area contributed by atoms with Gasteiger partial charge in [0.25, 0.3) is 5.91 Å². The highest BCUT2D eigenvalue weighted by Gasteiger charge is 2.23. The van der Waals surface area contributed by atoms with Crippen LogP contribution < -0.4 is 16.8 Å². The minimum Gasteiger partial charge on any atom is -0.399 e. The van der Waals surface area contributed by atoms with Crippen LogP contribution in [0.5, 0.6) is 0 Å². The van der Waals surface area contributed by atoms with E-state index in [0.29, 0.717) is 16.9 Å². The highest BCUT2D eigenvalue weighted by atomic mass is 16.2. The summed E-state index contributed by atoms with van der Waals surface area (Å²) >= 11 is 0. The van der Waals surface area contributed by atoms with Crippen LogP contribution in [-0.4, -0.2) is 35.8 Å². The summed E-state index contributed by atoms with van der Waals surface area (Å²) in [6.45, 7) is 3.39. The fraction of sp³-hybridized carbons (Fsp3) is 0.467. The smallest absolute Gasteiger partial charge is 0.250 e. The van der Waals surface area contributed by atoms with Crippen LogP contribution in [0.1, 0.15) is 36.5 Å². The molecule has 0 spiro atoms. The van der Waals surface area contributed by atoms with Gasteiger partial charge in [0, 0.05) is 24.5 Å². The molecule has 0 aliphatic carbocycles. The van der Waals surface area contributed by atoms with Gasteiger partial charge in [-0.2, -0.15) is 0 Å². The summed E-state index contributed by atoms with van der Waals surface area (Å²) in [6, 6.07) is 4.45. The molecular formula is C15H22N4O2. The predicted molar refractivity (Wildman–Crippen MR) is 82.9 cm³/mol. The third-order valence-corrected chi connectivity index (χ3v) is 3.72. The summed E-state index contributed by atoms with van der Waals surface area (Å²) in [6.07, 6.45) is 3.27. The Bertz CT molecular complexity index is 538. The Labute approximate surface area is 124 Å². The van der Waals surface area contributed by atoms with Crippen LogP contribution in [0.4, 0.5) is 11.4 Å². The predicted octanol–water partition coefficient (Wildman–Crippen LogP) is 1.18. The van der Waals surface area contributed by atoms with Crippen molar-refractivity contribution in [1.82, 2.24) is 4.90 Å². The summed E-state index contributed by atoms with van der Waals surface area (Å²) < 4.78 is 0. The number of primary amides is 1. The molecule has 2 amide bonds. The number of piperidine rings is 1. The van der Waals surface area contributed by atoms with E-state index in [-0.39, 0.29) is 5.91 Å². The highest BCUT2D eigenvalue weighted by Crippen LogP contribution is 2.20. The fourth-order valence-electron chi connectivity index (χ4n) is 2.57. The molecule has 1 unspecified atom stereocenters. The van der Waals surface area contributed by atoms with Crippen LogP contribution in [0.2, 0.25) is 0 Å². The van der Waals surface area contributed by atoms with Crippen LogP contribution >= 0.6 is 0 Å². The maximum Gasteiger partial charge on any atom is 0.250 e. The van der Waals surface area contributed by atoms with Crippen molar-refractivity contribution in [2.75, 3.05) is 24.1 Å². The van der Waals surface area contributed by atoms with Crippen LogP contribution in [0.15, 0.2) is 18.2 Å². The Morgan fingerprint density at radius 2 is 1.90 bits per heavy atom. The van der Waals surface area contributed by atoms with Crippen molar-refractivity contribution in [3.8, 4) is 0 Å². The summed E-state index contributed by atoms with van der Waals surface area (Å²) in [5.74, 6) is -0.524. The zero-order valence-corrected chi connectivity index (χ0v) is 12.3. The number of nitrogens with two attached hydrogens (primary N) is 2. The number of hydrogen-bond donors (Lipinski definition) is 3. The number of benzene rings is 1. The molecule has 6 heteroatoms. The lowest BCUT2D eigenvalue weighted by molar-refractivity contribution is -0.132. The van der Waals surface area contributed by atoms with Crippen molar-refractivity contribution in [3.05, 3.63) is 23.8 Å². The number of amides is 2. The Balaban J connectivity index is 2.10. The van der Waals surface area contributed by atoms with Gasteiger partial charge >= 0.3 is 0 Å². The van der Waals surface area contributed by atoms with Crippen LogP contribution in [0.3, 0.4) is 0 Å². The highest BCUT2D eigenvalue weighted by molar-refractivity contribution is 6.00. The van der Waals surface area contributed by atoms with E-state index in [2.05, 4.69) is 5.32 Å². The van der Waals surface area contributed by atoms with Crippen molar-refractivity contribution in [2.45, 2.75) is 32.2 Å². The number of carbonyl (C=O) groups is 2. The van der Waals surface area contributed by atoms with Crippen molar-refractivity contribution in [1.29, 1.82) is 0 Å². The van der Waals surface area contributed by atoms with Gasteiger partial charge in [0.1, 0.15) is 6.04 Å². The summed E-state index contributed by atoms with van der Waals surface area (Å²) in [4.78, 5) is 25.7. The molecule has 114 valence electrons. The monoisotopic (exact) mass is 290 g/mol. The first-order valence-electron chi connectivity index (χ1n) is 7.23. The standard InChI is InChI=1S/C15H22N4O2/c1-10(15(21)19-7-3-2-4-8-19)18-13-6-5-11(16)9-12(13)14(17)20/h5-6,9-10,18H,2-4,7-8,16H2,1H3,(H2,17,20). The maximum atomic E-state index is 12.4. The van der Waals surface area contributed by atoms with Gasteiger partial charge < -0.3 is 21.7 Å². The molecule has 1 saturated heterocycles. The molecule has 1 aromatic rings. The molecule has 5 N–H and O–H groups in total. The van der Waals surface area contributed by atoms with E-state index in [0.717, 1.165) is 25.9 Å². The first-order chi connectivity index (χ1) is 9.99. The third kappa shape index (κ3) is 3.65. The number of likely N-dealkylation sites (tertiary alicyclic amines) is 1. The van der Waals surface area contributed by atoms with Crippen LogP contribution in [-0.2, 0) is 4.79 Å². The number of carbonyl (C=O) groups excluding carboxylic acids is 2. The first-order valence-corrected chi connectivity index (χ1v) is 7.23. The second-order valence-electron chi connectivity index (χ2n) is 5.42. The normalized spacial score (nSPS) is 16.3. The topological polar surface area (TPSA) is 101 Å². The quantitative estimate of drug-likeness (QED) is 0.725. The molecule has 0 bridgehead atoms. The van der Waals surface area contributed by atoms with E-state index in [9.17, 15) is 9.59 Å². The molecule has 1 aliphatic rings. The molecule has 0 radical (unpaired) electrons. The fourth-order valence-corrected chi connectivity index (χ4v) is 2.57. The van der Waals surface area contributed by atoms with Gasteiger partial charge in [-0.3, -0.25) is 9.59 Å². The van der Waals surface area contributed by atoms with Gasteiger partial charge in [0.05, 0.1) is 5.56 Å². The Morgan fingerprint density at radius 3 is 2.52 bits per heavy atom. The maximum absolute atomic E-state index is 12.4. The Hall–Kier alpha value is -2.24. The van der Waals surface area contributed by atoms with Gasteiger partial charge in [-0.1, -0.05) is 0 Å². The van der Waals surface area contributed by atoms with E-state index < -0.39 is 11.9 Å². The van der Waals surface area contributed by atoms with Gasteiger partial charge in [-0.15, -0.1) is 0 Å². The molecule has 6 nitrogen and oxygen atoms in total. The largest absolute Gasteiger partial charge is 0.399 e. The molecular weight excluding hydrogens is 268 g/mol. The number of rotatable bonds is 4. The summed E-state index contributed by atoms with van der Waals surface area (Å²) in [5.41, 5.74) is 12.3. The Kier molecular flexibility index (Phi) is 4.67. The lowest BCUT2D eigenvalue weighted by Crippen LogP contribution is -2.44. The van der Waals surface area contributed by atoms with E-state index in [4.69, 9.17) is 11.5 Å². The number of hydrogen-bond acceptors (Lipinski definition) is 4. The molecule has 2 rings (SSSR count). The second-order valence-corrected chi connectivity index (χ2v) is 5.42. The van der Waals surface area contributed by atoms with Gasteiger partial charge in [0.2, 0.25) is 5.91 Å². The van der Waals surface area contributed by atoms with E-state index in [1.54, 1.807) is 19.1 Å². The average Bonchev–Trinajstić information content (AvgIpc) is 2.49. The van der Waals surface area contributed by atoms with Crippen molar-refractivity contribution >= 4 is 23.2 Å². The van der Waals surface area contributed by atoms with Crippen LogP contribution in [0, 0.1) is 0 Å². The Morgan fingerprint density at radius 1 is 1.24 bits per heavy atom. The van der Waals surface area contributed by atoms with E-state index in [1.165, 1.54) is 12.5 Å². The van der Waals surface area contributed by atoms with Gasteiger partial charge in [0.15, 0.2) is 0 Å². The molecule has 1 aliphatic heterocycles. The average molecular weight is 290 g/mol. The zero-order valence-electron chi connectivity index (χ0n) is 12.3. The van der Waals surface area contributed by atoms with E-state index >= 15 is 0 Å². The molecule has 0 saturated carbocycles. The number of anilines is 2. The van der Waals surface area contributed by atoms with Gasteiger partial charge in [-0.25, -0.2) is 0 Å². The number of nitrogen functional groups attached to an aromatic ring is 1. The van der Waals surface area contributed by atoms with Crippen molar-refractivity contribution in [2.24, 2.45) is 5.73 Å². The summed E-state index contributed by atoms with van der Waals surface area (Å²) in [5, 5.41) is 3.07. The van der Waals surface area contributed by atoms with E-state index in [1.807, 2.05) is 4.90 Å². The molecule has 21 heavy (non-hydrogen) atoms. The second kappa shape index (κ2) is 6.47. The van der Waals surface area contributed by atoms with Crippen molar-refractivity contribution < 1.29 is 9.59 Å². The molecule has 1 heterocycles. The zero-order chi connectivity index (χ0) is 15.4. The minimum atomic E-state index is -0.567. The lowest BCUT2D eigenvalue weighted by Gasteiger charge is -2.30. The van der Waals surface area contributed by atoms with Gasteiger partial charge in [-0.05, 0) is 44.4 Å². The number of nitrogens with zero attached hydrogens (tertiary/aromatic N) is 1. The van der Waals surface area contributed by atoms with Crippen molar-refractivity contribution in [3.63, 3.8) is 0 Å². The molecule has 1 atom stereocenters. The number of nitrogens with one attached hydrogen (secondary N) is 1. The SMILES string of the molecule is CC(Nc1ccc(N)cc1C(N)=O)C(=O)N1CCCCC1. The lowest BCUT2D eigenvalue weighted by atomic mass is 10.1.